The first-order valence-corrected chi connectivity index (χ1v) is 11.3. The van der Waals surface area contributed by atoms with Crippen LogP contribution in [0.2, 0.25) is 0 Å². The standard InChI is InChI=1S/C18H23N3O5S2/c1-3-26-18(23)16-10-14(12-20(16)2)28(24,25)21-8-4-7-15(21)17(22)19-11-13-6-5-9-27-13/h5-6,9-10,12,15H,3-4,7-8,11H2,1-2H3,(H,19,22)/t15-/m1/s1. The lowest BCUT2D eigenvalue weighted by molar-refractivity contribution is -0.124. The van der Waals surface area contributed by atoms with Gasteiger partial charge in [-0.2, -0.15) is 4.31 Å². The van der Waals surface area contributed by atoms with Crippen molar-refractivity contribution in [1.29, 1.82) is 0 Å². The van der Waals surface area contributed by atoms with Gasteiger partial charge in [-0.25, -0.2) is 13.2 Å². The molecule has 1 amide bonds. The Morgan fingerprint density at radius 3 is 2.86 bits per heavy atom. The molecule has 1 fully saturated rings. The third-order valence-corrected chi connectivity index (χ3v) is 7.34. The Labute approximate surface area is 168 Å². The van der Waals surface area contributed by atoms with E-state index in [4.69, 9.17) is 4.74 Å². The van der Waals surface area contributed by atoms with Crippen molar-refractivity contribution in [1.82, 2.24) is 14.2 Å². The van der Waals surface area contributed by atoms with Crippen molar-refractivity contribution in [3.05, 3.63) is 40.3 Å². The Balaban J connectivity index is 1.77. The van der Waals surface area contributed by atoms with Gasteiger partial charge in [0.2, 0.25) is 15.9 Å². The highest BCUT2D eigenvalue weighted by molar-refractivity contribution is 7.89. The van der Waals surface area contributed by atoms with E-state index < -0.39 is 22.0 Å². The van der Waals surface area contributed by atoms with Crippen molar-refractivity contribution in [3.8, 4) is 0 Å². The van der Waals surface area contributed by atoms with Gasteiger partial charge in [0.05, 0.1) is 13.2 Å². The van der Waals surface area contributed by atoms with Crippen LogP contribution < -0.4 is 5.32 Å². The number of carbonyl (C=O) groups excluding carboxylic acids is 2. The van der Waals surface area contributed by atoms with Crippen molar-refractivity contribution in [3.63, 3.8) is 0 Å². The third kappa shape index (κ3) is 4.13. The molecule has 1 N–H and O–H groups in total. The van der Waals surface area contributed by atoms with Crippen LogP contribution >= 0.6 is 11.3 Å². The topological polar surface area (TPSA) is 97.7 Å². The van der Waals surface area contributed by atoms with Gasteiger partial charge >= 0.3 is 5.97 Å². The van der Waals surface area contributed by atoms with Gasteiger partial charge in [0.1, 0.15) is 16.6 Å². The molecule has 10 heteroatoms. The van der Waals surface area contributed by atoms with Crippen LogP contribution in [-0.4, -0.2) is 48.4 Å². The summed E-state index contributed by atoms with van der Waals surface area (Å²) in [5, 5.41) is 4.74. The Hall–Kier alpha value is -2.17. The van der Waals surface area contributed by atoms with Crippen molar-refractivity contribution >= 4 is 33.2 Å². The zero-order valence-electron chi connectivity index (χ0n) is 15.8. The Bertz CT molecular complexity index is 950. The lowest BCUT2D eigenvalue weighted by Gasteiger charge is -2.22. The van der Waals surface area contributed by atoms with E-state index in [1.165, 1.54) is 32.5 Å². The number of nitrogens with one attached hydrogen (secondary N) is 1. The molecule has 0 saturated carbocycles. The van der Waals surface area contributed by atoms with E-state index in [1.54, 1.807) is 14.0 Å². The fourth-order valence-electron chi connectivity index (χ4n) is 3.21. The Morgan fingerprint density at radius 1 is 1.39 bits per heavy atom. The lowest BCUT2D eigenvalue weighted by atomic mass is 10.2. The number of hydrogen-bond donors (Lipinski definition) is 1. The number of ether oxygens (including phenoxy) is 1. The number of aromatic nitrogens is 1. The summed E-state index contributed by atoms with van der Waals surface area (Å²) in [7, 11) is -2.32. The number of sulfonamides is 1. The highest BCUT2D eigenvalue weighted by Crippen LogP contribution is 2.27. The monoisotopic (exact) mass is 425 g/mol. The summed E-state index contributed by atoms with van der Waals surface area (Å²) in [5.74, 6) is -0.894. The molecule has 2 aromatic heterocycles. The van der Waals surface area contributed by atoms with E-state index in [1.807, 2.05) is 17.5 Å². The number of amides is 1. The molecule has 0 radical (unpaired) electrons. The highest BCUT2D eigenvalue weighted by Gasteiger charge is 2.40. The maximum absolute atomic E-state index is 13.1. The number of carbonyl (C=O) groups is 2. The van der Waals surface area contributed by atoms with Crippen molar-refractivity contribution in [2.45, 2.75) is 37.2 Å². The second-order valence-electron chi connectivity index (χ2n) is 6.46. The molecule has 0 spiro atoms. The van der Waals surface area contributed by atoms with E-state index >= 15 is 0 Å². The van der Waals surface area contributed by atoms with Crippen molar-refractivity contribution < 1.29 is 22.7 Å². The molecule has 3 heterocycles. The molecule has 0 aromatic carbocycles. The summed E-state index contributed by atoms with van der Waals surface area (Å²) in [6.45, 7) is 2.52. The summed E-state index contributed by atoms with van der Waals surface area (Å²) in [5.41, 5.74) is 0.151. The number of thiophene rings is 1. The van der Waals surface area contributed by atoms with Crippen LogP contribution in [0, 0.1) is 0 Å². The first kappa shape index (κ1) is 20.6. The number of hydrogen-bond acceptors (Lipinski definition) is 6. The molecule has 0 aliphatic carbocycles. The summed E-state index contributed by atoms with van der Waals surface area (Å²) in [4.78, 5) is 25.6. The van der Waals surface area contributed by atoms with E-state index in [2.05, 4.69) is 5.32 Å². The molecule has 1 atom stereocenters. The van der Waals surface area contributed by atoms with Gasteiger partial charge in [0.15, 0.2) is 0 Å². The summed E-state index contributed by atoms with van der Waals surface area (Å²) < 4.78 is 33.8. The predicted octanol–water partition coefficient (Wildman–Crippen LogP) is 1.73. The third-order valence-electron chi connectivity index (χ3n) is 4.59. The number of aryl methyl sites for hydroxylation is 1. The van der Waals surface area contributed by atoms with Crippen LogP contribution in [0.25, 0.3) is 0 Å². The largest absolute Gasteiger partial charge is 0.461 e. The molecule has 152 valence electrons. The average Bonchev–Trinajstić information content (AvgIpc) is 3.40. The quantitative estimate of drug-likeness (QED) is 0.682. The van der Waals surface area contributed by atoms with Gasteiger partial charge in [-0.15, -0.1) is 11.3 Å². The average molecular weight is 426 g/mol. The fourth-order valence-corrected chi connectivity index (χ4v) is 5.59. The SMILES string of the molecule is CCOC(=O)c1cc(S(=O)(=O)N2CCC[C@@H]2C(=O)NCc2cccs2)cn1C. The molecule has 2 aromatic rings. The minimum atomic E-state index is -3.91. The van der Waals surface area contributed by atoms with E-state index in [-0.39, 0.29) is 29.6 Å². The van der Waals surface area contributed by atoms with Gasteiger partial charge < -0.3 is 14.6 Å². The molecular weight excluding hydrogens is 402 g/mol. The van der Waals surface area contributed by atoms with Gasteiger partial charge in [0, 0.05) is 24.7 Å². The first-order valence-electron chi connectivity index (χ1n) is 9.00. The highest BCUT2D eigenvalue weighted by atomic mass is 32.2. The number of nitrogens with zero attached hydrogens (tertiary/aromatic N) is 2. The maximum Gasteiger partial charge on any atom is 0.354 e. The molecule has 1 saturated heterocycles. The normalized spacial score (nSPS) is 17.6. The predicted molar refractivity (Wildman–Crippen MR) is 104 cm³/mol. The summed E-state index contributed by atoms with van der Waals surface area (Å²) >= 11 is 1.53. The van der Waals surface area contributed by atoms with Gasteiger partial charge in [-0.1, -0.05) is 6.07 Å². The van der Waals surface area contributed by atoms with E-state index in [0.717, 1.165) is 4.88 Å². The molecule has 0 unspecified atom stereocenters. The van der Waals surface area contributed by atoms with Crippen LogP contribution in [0.3, 0.4) is 0 Å². The smallest absolute Gasteiger partial charge is 0.354 e. The van der Waals surface area contributed by atoms with Crippen LogP contribution in [-0.2, 0) is 33.1 Å². The van der Waals surface area contributed by atoms with Crippen LogP contribution in [0.5, 0.6) is 0 Å². The summed E-state index contributed by atoms with van der Waals surface area (Å²) in [6.07, 6.45) is 2.45. The molecular formula is C18H23N3O5S2. The molecule has 0 bridgehead atoms. The van der Waals surface area contributed by atoms with E-state index in [0.29, 0.717) is 19.4 Å². The molecule has 8 nitrogen and oxygen atoms in total. The molecule has 28 heavy (non-hydrogen) atoms. The molecule has 1 aliphatic heterocycles. The Kier molecular flexibility index (Phi) is 6.21. The zero-order chi connectivity index (χ0) is 20.3. The van der Waals surface area contributed by atoms with Gasteiger partial charge in [-0.05, 0) is 37.3 Å². The molecule has 1 aliphatic rings. The maximum atomic E-state index is 13.1. The first-order chi connectivity index (χ1) is 13.3. The van der Waals surface area contributed by atoms with Gasteiger partial charge in [0.25, 0.3) is 0 Å². The van der Waals surface area contributed by atoms with Crippen LogP contribution in [0.1, 0.15) is 35.1 Å². The summed E-state index contributed by atoms with van der Waals surface area (Å²) in [6, 6.07) is 4.35. The fraction of sp³-hybridized carbons (Fsp3) is 0.444. The number of rotatable bonds is 7. The Morgan fingerprint density at radius 2 is 2.18 bits per heavy atom. The van der Waals surface area contributed by atoms with Crippen LogP contribution in [0.15, 0.2) is 34.7 Å². The van der Waals surface area contributed by atoms with E-state index in [9.17, 15) is 18.0 Å². The van der Waals surface area contributed by atoms with Crippen molar-refractivity contribution in [2.24, 2.45) is 7.05 Å². The van der Waals surface area contributed by atoms with Gasteiger partial charge in [-0.3, -0.25) is 4.79 Å². The second-order valence-corrected chi connectivity index (χ2v) is 9.39. The second kappa shape index (κ2) is 8.46. The minimum absolute atomic E-state index is 0.0176. The molecule has 3 rings (SSSR count). The lowest BCUT2D eigenvalue weighted by Crippen LogP contribution is -2.45. The minimum Gasteiger partial charge on any atom is -0.461 e. The zero-order valence-corrected chi connectivity index (χ0v) is 17.4. The number of esters is 1. The van der Waals surface area contributed by atoms with Crippen molar-refractivity contribution in [2.75, 3.05) is 13.2 Å². The van der Waals surface area contributed by atoms with Crippen LogP contribution in [0.4, 0.5) is 0 Å².